The average Bonchev–Trinajstić information content (AvgIpc) is 3.22. The highest BCUT2D eigenvalue weighted by molar-refractivity contribution is 14.1. The van der Waals surface area contributed by atoms with Crippen LogP contribution in [0.4, 0.5) is 15.8 Å². The molecule has 190 valence electrons. The molecule has 0 aliphatic carbocycles. The van der Waals surface area contributed by atoms with Crippen LogP contribution in [0.5, 0.6) is 17.2 Å². The molecule has 11 heteroatoms. The molecular formula is C26H21FIN3O5S. The van der Waals surface area contributed by atoms with Gasteiger partial charge in [-0.2, -0.15) is 0 Å². The number of hydrogen-bond acceptors (Lipinski definition) is 7. The number of carbonyl (C=O) groups is 2. The lowest BCUT2D eigenvalue weighted by molar-refractivity contribution is -0.118. The third-order valence-corrected chi connectivity index (χ3v) is 6.69. The van der Waals surface area contributed by atoms with Crippen molar-refractivity contribution in [3.05, 3.63) is 80.5 Å². The van der Waals surface area contributed by atoms with E-state index >= 15 is 0 Å². The second-order valence-electron chi connectivity index (χ2n) is 7.56. The quantitative estimate of drug-likeness (QED) is 0.256. The van der Waals surface area contributed by atoms with Gasteiger partial charge in [-0.3, -0.25) is 9.59 Å². The van der Waals surface area contributed by atoms with Crippen LogP contribution in [0.15, 0.2) is 70.6 Å². The molecule has 1 aliphatic rings. The Morgan fingerprint density at radius 3 is 2.51 bits per heavy atom. The predicted octanol–water partition coefficient (Wildman–Crippen LogP) is 5.36. The summed E-state index contributed by atoms with van der Waals surface area (Å²) in [6.07, 6.45) is 1.73. The molecule has 1 saturated heterocycles. The summed E-state index contributed by atoms with van der Waals surface area (Å²) < 4.78 is 30.1. The van der Waals surface area contributed by atoms with E-state index in [1.54, 1.807) is 43.5 Å². The van der Waals surface area contributed by atoms with Gasteiger partial charge in [0.25, 0.3) is 11.8 Å². The smallest absolute Gasteiger partial charge is 0.264 e. The predicted molar refractivity (Wildman–Crippen MR) is 150 cm³/mol. The number of thioether (sulfide) groups is 1. The molecule has 0 atom stereocenters. The van der Waals surface area contributed by atoms with Crippen LogP contribution in [0.3, 0.4) is 0 Å². The van der Waals surface area contributed by atoms with Gasteiger partial charge < -0.3 is 24.8 Å². The largest absolute Gasteiger partial charge is 0.497 e. The Morgan fingerprint density at radius 2 is 1.84 bits per heavy atom. The maximum absolute atomic E-state index is 13.0. The van der Waals surface area contributed by atoms with Gasteiger partial charge in [-0.25, -0.2) is 9.38 Å². The van der Waals surface area contributed by atoms with Gasteiger partial charge in [0, 0.05) is 5.69 Å². The van der Waals surface area contributed by atoms with Gasteiger partial charge in [0.05, 0.1) is 28.4 Å². The number of ether oxygens (including phenoxy) is 3. The molecule has 0 unspecified atom stereocenters. The van der Waals surface area contributed by atoms with Gasteiger partial charge >= 0.3 is 0 Å². The van der Waals surface area contributed by atoms with Gasteiger partial charge in [-0.05, 0) is 107 Å². The summed E-state index contributed by atoms with van der Waals surface area (Å²) in [7, 11) is 3.08. The molecule has 37 heavy (non-hydrogen) atoms. The molecule has 0 aromatic heterocycles. The minimum Gasteiger partial charge on any atom is -0.497 e. The monoisotopic (exact) mass is 633 g/mol. The molecule has 0 bridgehead atoms. The second-order valence-corrected chi connectivity index (χ2v) is 9.75. The molecule has 1 aliphatic heterocycles. The first-order valence-electron chi connectivity index (χ1n) is 10.8. The molecule has 1 fully saturated rings. The zero-order valence-corrected chi connectivity index (χ0v) is 22.7. The molecule has 0 saturated carbocycles. The molecule has 4 rings (SSSR count). The van der Waals surface area contributed by atoms with E-state index < -0.39 is 11.7 Å². The summed E-state index contributed by atoms with van der Waals surface area (Å²) in [4.78, 5) is 29.7. The Labute approximate surface area is 230 Å². The summed E-state index contributed by atoms with van der Waals surface area (Å²) in [6.45, 7) is -0.270. The van der Waals surface area contributed by atoms with E-state index in [9.17, 15) is 14.0 Å². The molecule has 0 radical (unpaired) electrons. The average molecular weight is 633 g/mol. The van der Waals surface area contributed by atoms with Crippen LogP contribution in [-0.4, -0.2) is 37.8 Å². The number of halogens is 2. The highest BCUT2D eigenvalue weighted by Gasteiger charge is 2.24. The third kappa shape index (κ3) is 7.01. The molecule has 3 aromatic carbocycles. The standard InChI is InChI=1S/C26H21FIN3O5S/c1-34-19-9-7-18(8-10-19)30-26-31-25(33)22(37-26)13-15-11-20(28)24(21(12-15)35-2)36-14-23(32)29-17-5-3-16(27)4-6-17/h3-13H,14H2,1-2H3,(H,29,32)(H,30,31,33)/b22-13+. The van der Waals surface area contributed by atoms with Gasteiger partial charge in [0.2, 0.25) is 0 Å². The lowest BCUT2D eigenvalue weighted by Crippen LogP contribution is -2.20. The fourth-order valence-electron chi connectivity index (χ4n) is 3.24. The van der Waals surface area contributed by atoms with Gasteiger partial charge in [0.1, 0.15) is 11.6 Å². The van der Waals surface area contributed by atoms with E-state index in [0.29, 0.717) is 42.1 Å². The van der Waals surface area contributed by atoms with E-state index in [1.165, 1.54) is 43.1 Å². The van der Waals surface area contributed by atoms with Crippen molar-refractivity contribution in [1.29, 1.82) is 0 Å². The van der Waals surface area contributed by atoms with Crippen LogP contribution >= 0.6 is 34.4 Å². The van der Waals surface area contributed by atoms with E-state index in [4.69, 9.17) is 14.2 Å². The molecule has 1 heterocycles. The Bertz CT molecular complexity index is 1380. The van der Waals surface area contributed by atoms with Crippen molar-refractivity contribution < 1.29 is 28.2 Å². The molecule has 2 N–H and O–H groups in total. The van der Waals surface area contributed by atoms with Crippen molar-refractivity contribution in [2.75, 3.05) is 26.1 Å². The van der Waals surface area contributed by atoms with Crippen molar-refractivity contribution in [2.24, 2.45) is 4.99 Å². The number of hydrogen-bond donors (Lipinski definition) is 2. The SMILES string of the molecule is COc1ccc(N=C2NC(=O)/C(=C\c3cc(I)c(OCC(=O)Nc4ccc(F)cc4)c(OC)c3)S2)cc1. The van der Waals surface area contributed by atoms with Gasteiger partial charge in [-0.15, -0.1) is 0 Å². The molecule has 2 amide bonds. The van der Waals surface area contributed by atoms with Crippen LogP contribution in [0.25, 0.3) is 6.08 Å². The Kier molecular flexibility index (Phi) is 8.66. The minimum absolute atomic E-state index is 0.260. The van der Waals surface area contributed by atoms with Gasteiger partial charge in [-0.1, -0.05) is 0 Å². The molecule has 3 aromatic rings. The molecule has 8 nitrogen and oxygen atoms in total. The van der Waals surface area contributed by atoms with Crippen LogP contribution in [-0.2, 0) is 9.59 Å². The summed E-state index contributed by atoms with van der Waals surface area (Å²) in [5.41, 5.74) is 1.86. The lowest BCUT2D eigenvalue weighted by atomic mass is 10.2. The Hall–Kier alpha value is -3.58. The van der Waals surface area contributed by atoms with Crippen molar-refractivity contribution in [3.63, 3.8) is 0 Å². The number of aliphatic imine (C=N–C) groups is 1. The van der Waals surface area contributed by atoms with E-state index in [1.807, 2.05) is 6.07 Å². The maximum Gasteiger partial charge on any atom is 0.264 e. The summed E-state index contributed by atoms with van der Waals surface area (Å²) >= 11 is 3.30. The summed E-state index contributed by atoms with van der Waals surface area (Å²) in [6, 6.07) is 16.2. The van der Waals surface area contributed by atoms with E-state index in [-0.39, 0.29) is 12.5 Å². The Morgan fingerprint density at radius 1 is 1.11 bits per heavy atom. The highest BCUT2D eigenvalue weighted by Crippen LogP contribution is 2.36. The fourth-order valence-corrected chi connectivity index (χ4v) is 4.86. The number of nitrogens with one attached hydrogen (secondary N) is 2. The molecular weight excluding hydrogens is 612 g/mol. The number of amides is 2. The van der Waals surface area contributed by atoms with Gasteiger partial charge in [0.15, 0.2) is 23.3 Å². The zero-order chi connectivity index (χ0) is 26.4. The first-order chi connectivity index (χ1) is 17.8. The minimum atomic E-state index is -0.404. The number of benzene rings is 3. The van der Waals surface area contributed by atoms with Crippen molar-refractivity contribution in [2.45, 2.75) is 0 Å². The number of nitrogens with zero attached hydrogens (tertiary/aromatic N) is 1. The normalized spacial score (nSPS) is 15.0. The summed E-state index contributed by atoms with van der Waals surface area (Å²) in [5.74, 6) is 0.464. The first kappa shape index (κ1) is 26.5. The number of methoxy groups -OCH3 is 2. The molecule has 0 spiro atoms. The number of rotatable bonds is 8. The Balaban J connectivity index is 1.45. The third-order valence-electron chi connectivity index (χ3n) is 4.98. The second kappa shape index (κ2) is 12.1. The van der Waals surface area contributed by atoms with Crippen molar-refractivity contribution in [1.82, 2.24) is 5.32 Å². The number of carbonyl (C=O) groups excluding carboxylic acids is 2. The van der Waals surface area contributed by atoms with Crippen LogP contribution in [0.1, 0.15) is 5.56 Å². The van der Waals surface area contributed by atoms with Crippen LogP contribution in [0.2, 0.25) is 0 Å². The lowest BCUT2D eigenvalue weighted by Gasteiger charge is -2.14. The highest BCUT2D eigenvalue weighted by atomic mass is 127. The zero-order valence-electron chi connectivity index (χ0n) is 19.7. The number of anilines is 1. The summed E-state index contributed by atoms with van der Waals surface area (Å²) in [5, 5.41) is 5.87. The van der Waals surface area contributed by atoms with Crippen LogP contribution in [0, 0.1) is 9.39 Å². The van der Waals surface area contributed by atoms with Crippen molar-refractivity contribution >= 4 is 68.8 Å². The van der Waals surface area contributed by atoms with Crippen LogP contribution < -0.4 is 24.8 Å². The maximum atomic E-state index is 13.0. The topological polar surface area (TPSA) is 98.3 Å². The first-order valence-corrected chi connectivity index (χ1v) is 12.7. The number of amidine groups is 1. The van der Waals surface area contributed by atoms with Crippen molar-refractivity contribution in [3.8, 4) is 17.2 Å². The fraction of sp³-hybridized carbons (Fsp3) is 0.115. The van der Waals surface area contributed by atoms with E-state index in [2.05, 4.69) is 38.2 Å². The van der Waals surface area contributed by atoms with E-state index in [0.717, 1.165) is 5.75 Å².